The Morgan fingerprint density at radius 3 is 2.62 bits per heavy atom. The molecule has 0 spiro atoms. The first kappa shape index (κ1) is 15.2. The number of hydrogen-bond acceptors (Lipinski definition) is 2. The minimum atomic E-state index is -0.232. The Labute approximate surface area is 124 Å². The van der Waals surface area contributed by atoms with Crippen LogP contribution in [0.15, 0.2) is 48.5 Å². The van der Waals surface area contributed by atoms with Crippen LogP contribution in [0.25, 0.3) is 0 Å². The molecule has 2 aromatic carbocycles. The van der Waals surface area contributed by atoms with Crippen LogP contribution in [0, 0.1) is 12.7 Å². The minimum absolute atomic E-state index is 0.0697. The third-order valence-corrected chi connectivity index (χ3v) is 3.09. The molecule has 0 aliphatic carbocycles. The molecule has 2 rings (SSSR count). The maximum absolute atomic E-state index is 12.7. The molecule has 0 bridgehead atoms. The molecule has 2 N–H and O–H groups in total. The molecular weight excluding hydrogens is 267 g/mol. The first-order chi connectivity index (χ1) is 10.1. The Hall–Kier alpha value is -2.20. The van der Waals surface area contributed by atoms with Gasteiger partial charge in [-0.25, -0.2) is 4.39 Å². The quantitative estimate of drug-likeness (QED) is 0.802. The third kappa shape index (κ3) is 5.36. The summed E-state index contributed by atoms with van der Waals surface area (Å²) in [6.07, 6.45) is 0.762. The summed E-state index contributed by atoms with van der Waals surface area (Å²) in [5.74, 6) is -0.302. The monoisotopic (exact) mass is 286 g/mol. The van der Waals surface area contributed by atoms with E-state index in [4.69, 9.17) is 0 Å². The van der Waals surface area contributed by atoms with Gasteiger partial charge in [0.1, 0.15) is 5.82 Å². The van der Waals surface area contributed by atoms with E-state index in [1.165, 1.54) is 12.1 Å². The number of amides is 1. The maximum Gasteiger partial charge on any atom is 0.238 e. The lowest BCUT2D eigenvalue weighted by Gasteiger charge is -2.07. The summed E-state index contributed by atoms with van der Waals surface area (Å²) in [5.41, 5.74) is 2.96. The van der Waals surface area contributed by atoms with Crippen LogP contribution < -0.4 is 10.6 Å². The summed E-state index contributed by atoms with van der Waals surface area (Å²) in [6.45, 7) is 2.92. The molecule has 0 aromatic heterocycles. The number of rotatable bonds is 6. The predicted molar refractivity (Wildman–Crippen MR) is 82.8 cm³/mol. The van der Waals surface area contributed by atoms with Crippen molar-refractivity contribution in [1.29, 1.82) is 0 Å². The molecule has 0 fully saturated rings. The number of halogens is 1. The first-order valence-electron chi connectivity index (χ1n) is 6.95. The smallest absolute Gasteiger partial charge is 0.238 e. The van der Waals surface area contributed by atoms with E-state index in [-0.39, 0.29) is 18.3 Å². The highest BCUT2D eigenvalue weighted by Gasteiger charge is 2.02. The van der Waals surface area contributed by atoms with Crippen LogP contribution in [0.1, 0.15) is 11.1 Å². The highest BCUT2D eigenvalue weighted by atomic mass is 19.1. The van der Waals surface area contributed by atoms with Crippen LogP contribution in [0.4, 0.5) is 10.1 Å². The summed E-state index contributed by atoms with van der Waals surface area (Å²) >= 11 is 0. The Kier molecular flexibility index (Phi) is 5.46. The summed E-state index contributed by atoms with van der Waals surface area (Å²) in [5, 5.41) is 5.92. The van der Waals surface area contributed by atoms with E-state index in [9.17, 15) is 9.18 Å². The molecule has 3 nitrogen and oxygen atoms in total. The molecule has 0 unspecified atom stereocenters. The minimum Gasteiger partial charge on any atom is -0.325 e. The molecule has 0 heterocycles. The van der Waals surface area contributed by atoms with Gasteiger partial charge < -0.3 is 10.6 Å². The van der Waals surface area contributed by atoms with Crippen molar-refractivity contribution in [1.82, 2.24) is 5.32 Å². The van der Waals surface area contributed by atoms with Crippen molar-refractivity contribution in [2.45, 2.75) is 13.3 Å². The topological polar surface area (TPSA) is 41.1 Å². The van der Waals surface area contributed by atoms with Crippen LogP contribution in [0.5, 0.6) is 0 Å². The zero-order valence-corrected chi connectivity index (χ0v) is 12.0. The summed E-state index contributed by atoms with van der Waals surface area (Å²) in [4.78, 5) is 11.8. The van der Waals surface area contributed by atoms with E-state index >= 15 is 0 Å². The molecule has 1 amide bonds. The van der Waals surface area contributed by atoms with Crippen LogP contribution in [0.3, 0.4) is 0 Å². The van der Waals surface area contributed by atoms with Crippen LogP contribution in [0.2, 0.25) is 0 Å². The molecule has 0 radical (unpaired) electrons. The number of carbonyl (C=O) groups is 1. The van der Waals surface area contributed by atoms with Crippen LogP contribution in [-0.4, -0.2) is 19.0 Å². The average molecular weight is 286 g/mol. The molecule has 0 aliphatic rings. The molecule has 110 valence electrons. The standard InChI is InChI=1S/C17H19FN2O/c1-13-3-2-4-16(11-13)20-17(21)12-19-10-9-14-5-7-15(18)8-6-14/h2-8,11,19H,9-10,12H2,1H3,(H,20,21). The third-order valence-electron chi connectivity index (χ3n) is 3.09. The van der Waals surface area contributed by atoms with Gasteiger partial charge in [0.2, 0.25) is 5.91 Å². The molecular formula is C17H19FN2O. The summed E-state index contributed by atoms with van der Waals surface area (Å²) < 4.78 is 12.7. The van der Waals surface area contributed by atoms with Gasteiger partial charge in [0, 0.05) is 5.69 Å². The predicted octanol–water partition coefficient (Wildman–Crippen LogP) is 2.90. The van der Waals surface area contributed by atoms with E-state index in [0.717, 1.165) is 23.2 Å². The highest BCUT2D eigenvalue weighted by Crippen LogP contribution is 2.08. The number of hydrogen-bond donors (Lipinski definition) is 2. The number of aryl methyl sites for hydroxylation is 1. The van der Waals surface area contributed by atoms with Gasteiger partial charge in [-0.1, -0.05) is 24.3 Å². The Morgan fingerprint density at radius 1 is 1.14 bits per heavy atom. The normalized spacial score (nSPS) is 10.4. The second kappa shape index (κ2) is 7.55. The largest absolute Gasteiger partial charge is 0.325 e. The Bertz CT molecular complexity index is 596. The lowest BCUT2D eigenvalue weighted by Crippen LogP contribution is -2.29. The fraction of sp³-hybridized carbons (Fsp3) is 0.235. The van der Waals surface area contributed by atoms with E-state index in [2.05, 4.69) is 10.6 Å². The Balaban J connectivity index is 1.68. The number of anilines is 1. The van der Waals surface area contributed by atoms with E-state index in [1.54, 1.807) is 12.1 Å². The fourth-order valence-electron chi connectivity index (χ4n) is 2.01. The SMILES string of the molecule is Cc1cccc(NC(=O)CNCCc2ccc(F)cc2)c1. The highest BCUT2D eigenvalue weighted by molar-refractivity contribution is 5.92. The van der Waals surface area contributed by atoms with Crippen molar-refractivity contribution in [2.24, 2.45) is 0 Å². The van der Waals surface area contributed by atoms with Gasteiger partial charge in [-0.3, -0.25) is 4.79 Å². The molecule has 2 aromatic rings. The first-order valence-corrected chi connectivity index (χ1v) is 6.95. The van der Waals surface area contributed by atoms with Crippen molar-refractivity contribution in [3.63, 3.8) is 0 Å². The fourth-order valence-corrected chi connectivity index (χ4v) is 2.01. The van der Waals surface area contributed by atoms with Gasteiger partial charge >= 0.3 is 0 Å². The van der Waals surface area contributed by atoms with Crippen molar-refractivity contribution in [2.75, 3.05) is 18.4 Å². The van der Waals surface area contributed by atoms with Crippen molar-refractivity contribution in [3.8, 4) is 0 Å². The Morgan fingerprint density at radius 2 is 1.90 bits per heavy atom. The van der Waals surface area contributed by atoms with Gasteiger partial charge in [0.15, 0.2) is 0 Å². The summed E-state index contributed by atoms with van der Waals surface area (Å²) in [7, 11) is 0. The van der Waals surface area contributed by atoms with Gasteiger partial charge in [-0.2, -0.15) is 0 Å². The van der Waals surface area contributed by atoms with Crippen molar-refractivity contribution < 1.29 is 9.18 Å². The van der Waals surface area contributed by atoms with Gasteiger partial charge in [-0.05, 0) is 55.3 Å². The van der Waals surface area contributed by atoms with Crippen LogP contribution >= 0.6 is 0 Å². The number of carbonyl (C=O) groups excluding carboxylic acids is 1. The summed E-state index contributed by atoms with van der Waals surface area (Å²) in [6, 6.07) is 14.1. The lowest BCUT2D eigenvalue weighted by atomic mass is 10.1. The van der Waals surface area contributed by atoms with Gasteiger partial charge in [0.25, 0.3) is 0 Å². The number of benzene rings is 2. The van der Waals surface area contributed by atoms with Crippen molar-refractivity contribution >= 4 is 11.6 Å². The average Bonchev–Trinajstić information content (AvgIpc) is 2.45. The van der Waals surface area contributed by atoms with E-state index in [0.29, 0.717) is 6.54 Å². The zero-order chi connectivity index (χ0) is 15.1. The molecule has 21 heavy (non-hydrogen) atoms. The molecule has 4 heteroatoms. The molecule has 0 saturated heterocycles. The molecule has 0 aliphatic heterocycles. The van der Waals surface area contributed by atoms with E-state index < -0.39 is 0 Å². The van der Waals surface area contributed by atoms with Gasteiger partial charge in [0.05, 0.1) is 6.54 Å². The zero-order valence-electron chi connectivity index (χ0n) is 12.0. The lowest BCUT2D eigenvalue weighted by molar-refractivity contribution is -0.115. The number of nitrogens with one attached hydrogen (secondary N) is 2. The second-order valence-electron chi connectivity index (χ2n) is 4.97. The molecule has 0 atom stereocenters. The molecule has 0 saturated carbocycles. The van der Waals surface area contributed by atoms with Gasteiger partial charge in [-0.15, -0.1) is 0 Å². The second-order valence-corrected chi connectivity index (χ2v) is 4.97. The maximum atomic E-state index is 12.7. The van der Waals surface area contributed by atoms with E-state index in [1.807, 2.05) is 31.2 Å². The van der Waals surface area contributed by atoms with Crippen LogP contribution in [-0.2, 0) is 11.2 Å². The van der Waals surface area contributed by atoms with Crippen molar-refractivity contribution in [3.05, 3.63) is 65.5 Å².